The standard InChI is InChI=1S/C22H21F2N3O5/c1-14(28)25(10-19-12-26(21(29)31-19)17-6-2-15(23)3-7-17)11-20-13-27(22(30)32-20)18-8-4-16(24)5-9-18/h2-9,19-20H,10-13H2,1H3. The predicted molar refractivity (Wildman–Crippen MR) is 110 cm³/mol. The van der Waals surface area contributed by atoms with E-state index < -0.39 is 36.0 Å². The molecule has 0 saturated carbocycles. The van der Waals surface area contributed by atoms with Crippen LogP contribution in [0.4, 0.5) is 29.7 Å². The summed E-state index contributed by atoms with van der Waals surface area (Å²) in [5.41, 5.74) is 0.987. The van der Waals surface area contributed by atoms with E-state index in [1.165, 1.54) is 70.2 Å². The van der Waals surface area contributed by atoms with Crippen LogP contribution in [0.25, 0.3) is 0 Å². The second kappa shape index (κ2) is 8.81. The third-order valence-electron chi connectivity index (χ3n) is 5.32. The predicted octanol–water partition coefficient (Wildman–Crippen LogP) is 3.16. The molecule has 168 valence electrons. The Bertz CT molecular complexity index is 940. The topological polar surface area (TPSA) is 79.4 Å². The van der Waals surface area contributed by atoms with Crippen molar-refractivity contribution in [2.45, 2.75) is 19.1 Å². The molecule has 2 aliphatic rings. The van der Waals surface area contributed by atoms with Gasteiger partial charge in [0.15, 0.2) is 0 Å². The van der Waals surface area contributed by atoms with Crippen molar-refractivity contribution in [3.05, 3.63) is 60.2 Å². The zero-order valence-corrected chi connectivity index (χ0v) is 17.2. The van der Waals surface area contributed by atoms with Crippen molar-refractivity contribution in [3.63, 3.8) is 0 Å². The Morgan fingerprint density at radius 3 is 1.56 bits per heavy atom. The van der Waals surface area contributed by atoms with E-state index in [9.17, 15) is 23.2 Å². The molecule has 2 unspecified atom stereocenters. The Balaban J connectivity index is 1.38. The van der Waals surface area contributed by atoms with Crippen LogP contribution >= 0.6 is 0 Å². The minimum atomic E-state index is -0.596. The number of halogens is 2. The first kappa shape index (κ1) is 21.5. The Morgan fingerprint density at radius 2 is 1.22 bits per heavy atom. The van der Waals surface area contributed by atoms with Gasteiger partial charge in [-0.3, -0.25) is 14.6 Å². The van der Waals surface area contributed by atoms with E-state index in [0.29, 0.717) is 11.4 Å². The van der Waals surface area contributed by atoms with Crippen LogP contribution in [-0.4, -0.2) is 61.4 Å². The van der Waals surface area contributed by atoms with Crippen LogP contribution in [0.1, 0.15) is 6.92 Å². The number of benzene rings is 2. The summed E-state index contributed by atoms with van der Waals surface area (Å²) in [6, 6.07) is 10.9. The molecule has 0 bridgehead atoms. The van der Waals surface area contributed by atoms with Crippen LogP contribution in [0.15, 0.2) is 48.5 Å². The molecule has 0 spiro atoms. The van der Waals surface area contributed by atoms with Gasteiger partial charge in [0.2, 0.25) is 5.91 Å². The summed E-state index contributed by atoms with van der Waals surface area (Å²) in [7, 11) is 0. The van der Waals surface area contributed by atoms with Crippen LogP contribution in [0, 0.1) is 11.6 Å². The summed E-state index contributed by atoms with van der Waals surface area (Å²) in [5, 5.41) is 0. The maximum atomic E-state index is 13.1. The average Bonchev–Trinajstić information content (AvgIpc) is 3.30. The molecule has 3 amide bonds. The highest BCUT2D eigenvalue weighted by atomic mass is 19.1. The average molecular weight is 445 g/mol. The van der Waals surface area contributed by atoms with Gasteiger partial charge in [0.25, 0.3) is 0 Å². The number of hydrogen-bond donors (Lipinski definition) is 0. The third kappa shape index (κ3) is 4.63. The first-order chi connectivity index (χ1) is 15.3. The van der Waals surface area contributed by atoms with Crippen molar-refractivity contribution in [2.75, 3.05) is 36.0 Å². The molecule has 0 radical (unpaired) electrons. The number of anilines is 2. The number of rotatable bonds is 6. The summed E-state index contributed by atoms with van der Waals surface area (Å²) in [6.07, 6.45) is -2.36. The Labute approximate surface area is 182 Å². The van der Waals surface area contributed by atoms with Gasteiger partial charge in [-0.1, -0.05) is 0 Å². The molecular weight excluding hydrogens is 424 g/mol. The van der Waals surface area contributed by atoms with E-state index in [1.54, 1.807) is 0 Å². The van der Waals surface area contributed by atoms with E-state index in [2.05, 4.69) is 0 Å². The van der Waals surface area contributed by atoms with Gasteiger partial charge in [-0.2, -0.15) is 0 Å². The van der Waals surface area contributed by atoms with Gasteiger partial charge in [0.1, 0.15) is 23.8 Å². The molecule has 2 fully saturated rings. The van der Waals surface area contributed by atoms with Gasteiger partial charge >= 0.3 is 12.2 Å². The molecule has 2 aromatic carbocycles. The number of cyclic esters (lactones) is 2. The van der Waals surface area contributed by atoms with Crippen molar-refractivity contribution in [1.82, 2.24) is 4.90 Å². The van der Waals surface area contributed by atoms with Crippen molar-refractivity contribution in [1.29, 1.82) is 0 Å². The second-order valence-corrected chi connectivity index (χ2v) is 7.61. The third-order valence-corrected chi connectivity index (χ3v) is 5.32. The molecule has 2 aromatic rings. The number of nitrogens with zero attached hydrogens (tertiary/aromatic N) is 3. The van der Waals surface area contributed by atoms with Crippen LogP contribution in [0.3, 0.4) is 0 Å². The number of amides is 3. The molecule has 10 heteroatoms. The van der Waals surface area contributed by atoms with E-state index in [0.717, 1.165) is 0 Å². The number of carbonyl (C=O) groups excluding carboxylic acids is 3. The van der Waals surface area contributed by atoms with Gasteiger partial charge in [-0.15, -0.1) is 0 Å². The zero-order valence-electron chi connectivity index (χ0n) is 17.2. The summed E-state index contributed by atoms with van der Waals surface area (Å²) in [6.45, 7) is 2.00. The monoisotopic (exact) mass is 445 g/mol. The zero-order chi connectivity index (χ0) is 22.8. The van der Waals surface area contributed by atoms with Crippen LogP contribution in [0.5, 0.6) is 0 Å². The Hall–Kier alpha value is -3.69. The van der Waals surface area contributed by atoms with E-state index in [-0.39, 0.29) is 32.1 Å². The maximum Gasteiger partial charge on any atom is 0.414 e. The van der Waals surface area contributed by atoms with Crippen LogP contribution < -0.4 is 9.80 Å². The first-order valence-corrected chi connectivity index (χ1v) is 10.0. The van der Waals surface area contributed by atoms with Gasteiger partial charge in [0, 0.05) is 18.3 Å². The number of ether oxygens (including phenoxy) is 2. The summed E-state index contributed by atoms with van der Waals surface area (Å²) < 4.78 is 37.0. The van der Waals surface area contributed by atoms with Crippen LogP contribution in [0.2, 0.25) is 0 Å². The van der Waals surface area contributed by atoms with Crippen molar-refractivity contribution >= 4 is 29.5 Å². The van der Waals surface area contributed by atoms with Gasteiger partial charge < -0.3 is 14.4 Å². The van der Waals surface area contributed by atoms with Crippen molar-refractivity contribution in [3.8, 4) is 0 Å². The summed E-state index contributed by atoms with van der Waals surface area (Å²) >= 11 is 0. The number of hydrogen-bond acceptors (Lipinski definition) is 5. The molecule has 2 aliphatic heterocycles. The molecule has 2 atom stereocenters. The molecule has 2 heterocycles. The van der Waals surface area contributed by atoms with E-state index in [4.69, 9.17) is 9.47 Å². The van der Waals surface area contributed by atoms with Gasteiger partial charge in [0.05, 0.1) is 26.2 Å². The lowest BCUT2D eigenvalue weighted by Crippen LogP contribution is -2.43. The maximum absolute atomic E-state index is 13.1. The van der Waals surface area contributed by atoms with Gasteiger partial charge in [-0.05, 0) is 48.5 Å². The van der Waals surface area contributed by atoms with Crippen LogP contribution in [-0.2, 0) is 14.3 Å². The van der Waals surface area contributed by atoms with Crippen molar-refractivity contribution < 1.29 is 32.6 Å². The lowest BCUT2D eigenvalue weighted by atomic mass is 10.2. The molecule has 0 aliphatic carbocycles. The molecule has 2 saturated heterocycles. The fourth-order valence-electron chi connectivity index (χ4n) is 3.72. The number of carbonyl (C=O) groups is 3. The Kier molecular flexibility index (Phi) is 5.93. The quantitative estimate of drug-likeness (QED) is 0.683. The fraction of sp³-hybridized carbons (Fsp3) is 0.318. The minimum absolute atomic E-state index is 0.114. The molecule has 4 rings (SSSR count). The Morgan fingerprint density at radius 1 is 0.844 bits per heavy atom. The molecule has 0 aromatic heterocycles. The molecule has 32 heavy (non-hydrogen) atoms. The summed E-state index contributed by atoms with van der Waals surface area (Å²) in [4.78, 5) is 40.9. The molecule has 8 nitrogen and oxygen atoms in total. The smallest absolute Gasteiger partial charge is 0.414 e. The molecular formula is C22H21F2N3O5. The minimum Gasteiger partial charge on any atom is -0.442 e. The molecule has 0 N–H and O–H groups in total. The van der Waals surface area contributed by atoms with Gasteiger partial charge in [-0.25, -0.2) is 18.4 Å². The lowest BCUT2D eigenvalue weighted by Gasteiger charge is -2.25. The fourth-order valence-corrected chi connectivity index (χ4v) is 3.72. The van der Waals surface area contributed by atoms with E-state index in [1.807, 2.05) is 0 Å². The first-order valence-electron chi connectivity index (χ1n) is 10.0. The largest absolute Gasteiger partial charge is 0.442 e. The van der Waals surface area contributed by atoms with Crippen molar-refractivity contribution in [2.24, 2.45) is 0 Å². The SMILES string of the molecule is CC(=O)N(CC1CN(c2ccc(F)cc2)C(=O)O1)CC1CN(c2ccc(F)cc2)C(=O)O1. The highest BCUT2D eigenvalue weighted by molar-refractivity contribution is 5.90. The summed E-state index contributed by atoms with van der Waals surface area (Å²) in [5.74, 6) is -1.10. The lowest BCUT2D eigenvalue weighted by molar-refractivity contribution is -0.131. The normalized spacial score (nSPS) is 20.3. The highest BCUT2D eigenvalue weighted by Gasteiger charge is 2.37. The second-order valence-electron chi connectivity index (χ2n) is 7.61. The van der Waals surface area contributed by atoms with E-state index >= 15 is 0 Å². The highest BCUT2D eigenvalue weighted by Crippen LogP contribution is 2.24.